The van der Waals surface area contributed by atoms with Crippen LogP contribution in [0.4, 0.5) is 0 Å². The van der Waals surface area contributed by atoms with Crippen molar-refractivity contribution in [2.45, 2.75) is 12.8 Å². The van der Waals surface area contributed by atoms with Crippen LogP contribution in [0.1, 0.15) is 12.1 Å². The molecule has 0 aliphatic carbocycles. The number of aromatic nitrogens is 2. The molecule has 1 aromatic rings. The third-order valence-electron chi connectivity index (χ3n) is 2.32. The van der Waals surface area contributed by atoms with Gasteiger partial charge in [-0.25, -0.2) is 0 Å². The molecule has 0 aromatic carbocycles. The van der Waals surface area contributed by atoms with Gasteiger partial charge in [-0.2, -0.15) is 5.10 Å². The highest BCUT2D eigenvalue weighted by molar-refractivity contribution is 9.10. The summed E-state index contributed by atoms with van der Waals surface area (Å²) in [5.41, 5.74) is 1.23. The lowest BCUT2D eigenvalue weighted by atomic mass is 10.0. The molecule has 1 aliphatic rings. The predicted molar refractivity (Wildman–Crippen MR) is 51.0 cm³/mol. The maximum Gasteiger partial charge on any atom is 0.0632 e. The fourth-order valence-corrected chi connectivity index (χ4v) is 1.97. The largest absolute Gasteiger partial charge is 0.316 e. The summed E-state index contributed by atoms with van der Waals surface area (Å²) in [5.74, 6) is 0.779. The van der Waals surface area contributed by atoms with Crippen LogP contribution in [0.5, 0.6) is 0 Å². The molecule has 1 fully saturated rings. The summed E-state index contributed by atoms with van der Waals surface area (Å²) >= 11 is 3.46. The van der Waals surface area contributed by atoms with Gasteiger partial charge in [0.15, 0.2) is 0 Å². The molecule has 2 rings (SSSR count). The van der Waals surface area contributed by atoms with Crippen LogP contribution in [-0.2, 0) is 6.42 Å². The zero-order valence-electron chi connectivity index (χ0n) is 6.81. The van der Waals surface area contributed by atoms with E-state index in [1.165, 1.54) is 12.1 Å². The Morgan fingerprint density at radius 2 is 2.58 bits per heavy atom. The molecule has 0 bridgehead atoms. The Labute approximate surface area is 80.1 Å². The lowest BCUT2D eigenvalue weighted by Crippen LogP contribution is -2.11. The number of H-pyrrole nitrogens is 1. The summed E-state index contributed by atoms with van der Waals surface area (Å²) in [6.45, 7) is 2.31. The molecule has 1 atom stereocenters. The van der Waals surface area contributed by atoms with E-state index in [0.29, 0.717) is 0 Å². The van der Waals surface area contributed by atoms with Gasteiger partial charge in [-0.3, -0.25) is 5.10 Å². The first kappa shape index (κ1) is 8.26. The van der Waals surface area contributed by atoms with Crippen LogP contribution >= 0.6 is 15.9 Å². The summed E-state index contributed by atoms with van der Waals surface area (Å²) in [6.07, 6.45) is 4.21. The molecule has 2 heterocycles. The highest BCUT2D eigenvalue weighted by Crippen LogP contribution is 2.19. The SMILES string of the molecule is Brc1cn[nH]c1CC1CCNC1. The standard InChI is InChI=1S/C8H12BrN3/c9-7-5-11-12-8(7)3-6-1-2-10-4-6/h5-6,10H,1-4H2,(H,11,12). The summed E-state index contributed by atoms with van der Waals surface area (Å²) in [7, 11) is 0. The molecule has 1 unspecified atom stereocenters. The van der Waals surface area contributed by atoms with Gasteiger partial charge in [-0.1, -0.05) is 0 Å². The Morgan fingerprint density at radius 3 is 3.17 bits per heavy atom. The molecule has 3 nitrogen and oxygen atoms in total. The summed E-state index contributed by atoms with van der Waals surface area (Å²) < 4.78 is 1.11. The smallest absolute Gasteiger partial charge is 0.0632 e. The maximum absolute atomic E-state index is 3.97. The molecule has 4 heteroatoms. The fourth-order valence-electron chi connectivity index (χ4n) is 1.62. The van der Waals surface area contributed by atoms with Crippen molar-refractivity contribution >= 4 is 15.9 Å². The molecular formula is C8H12BrN3. The predicted octanol–water partition coefficient (Wildman–Crippen LogP) is 1.32. The number of nitrogens with one attached hydrogen (secondary N) is 2. The highest BCUT2D eigenvalue weighted by Gasteiger charge is 2.16. The quantitative estimate of drug-likeness (QED) is 0.804. The van der Waals surface area contributed by atoms with Crippen LogP contribution in [0.25, 0.3) is 0 Å². The van der Waals surface area contributed by atoms with Crippen LogP contribution < -0.4 is 5.32 Å². The summed E-state index contributed by atoms with van der Waals surface area (Å²) in [5, 5.41) is 10.3. The maximum atomic E-state index is 3.97. The Bertz CT molecular complexity index is 253. The first-order valence-electron chi connectivity index (χ1n) is 4.24. The number of nitrogens with zero attached hydrogens (tertiary/aromatic N) is 1. The molecule has 66 valence electrons. The second-order valence-corrected chi connectivity index (χ2v) is 4.11. The van der Waals surface area contributed by atoms with E-state index in [1.54, 1.807) is 0 Å². The van der Waals surface area contributed by atoms with Gasteiger partial charge in [0, 0.05) is 5.69 Å². The lowest BCUT2D eigenvalue weighted by molar-refractivity contribution is 0.569. The van der Waals surface area contributed by atoms with E-state index in [1.807, 2.05) is 6.20 Å². The van der Waals surface area contributed by atoms with Crippen molar-refractivity contribution in [1.82, 2.24) is 15.5 Å². The average Bonchev–Trinajstić information content (AvgIpc) is 2.65. The van der Waals surface area contributed by atoms with E-state index in [2.05, 4.69) is 31.4 Å². The summed E-state index contributed by atoms with van der Waals surface area (Å²) in [4.78, 5) is 0. The molecule has 12 heavy (non-hydrogen) atoms. The molecular weight excluding hydrogens is 218 g/mol. The molecule has 1 aromatic heterocycles. The van der Waals surface area contributed by atoms with Crippen molar-refractivity contribution in [1.29, 1.82) is 0 Å². The Kier molecular flexibility index (Phi) is 2.46. The van der Waals surface area contributed by atoms with Crippen molar-refractivity contribution in [3.8, 4) is 0 Å². The number of rotatable bonds is 2. The number of hydrogen-bond donors (Lipinski definition) is 2. The van der Waals surface area contributed by atoms with Gasteiger partial charge < -0.3 is 5.32 Å². The van der Waals surface area contributed by atoms with Gasteiger partial charge in [0.25, 0.3) is 0 Å². The highest BCUT2D eigenvalue weighted by atomic mass is 79.9. The van der Waals surface area contributed by atoms with E-state index in [-0.39, 0.29) is 0 Å². The number of aromatic amines is 1. The Morgan fingerprint density at radius 1 is 1.67 bits per heavy atom. The van der Waals surface area contributed by atoms with Crippen molar-refractivity contribution in [3.05, 3.63) is 16.4 Å². The normalized spacial score (nSPS) is 23.2. The minimum Gasteiger partial charge on any atom is -0.316 e. The first-order valence-corrected chi connectivity index (χ1v) is 5.04. The Balaban J connectivity index is 1.98. The van der Waals surface area contributed by atoms with Crippen LogP contribution in [0.2, 0.25) is 0 Å². The van der Waals surface area contributed by atoms with Crippen LogP contribution in [0.3, 0.4) is 0 Å². The van der Waals surface area contributed by atoms with E-state index in [9.17, 15) is 0 Å². The average molecular weight is 230 g/mol. The van der Waals surface area contributed by atoms with Gasteiger partial charge in [0.2, 0.25) is 0 Å². The van der Waals surface area contributed by atoms with Crippen LogP contribution in [-0.4, -0.2) is 23.3 Å². The van der Waals surface area contributed by atoms with Gasteiger partial charge in [-0.05, 0) is 47.8 Å². The molecule has 1 saturated heterocycles. The third kappa shape index (κ3) is 1.69. The first-order chi connectivity index (χ1) is 5.86. The lowest BCUT2D eigenvalue weighted by Gasteiger charge is -2.05. The van der Waals surface area contributed by atoms with Crippen LogP contribution in [0, 0.1) is 5.92 Å². The zero-order valence-corrected chi connectivity index (χ0v) is 8.39. The van der Waals surface area contributed by atoms with E-state index in [0.717, 1.165) is 29.9 Å². The van der Waals surface area contributed by atoms with Gasteiger partial charge in [0.1, 0.15) is 0 Å². The van der Waals surface area contributed by atoms with Crippen molar-refractivity contribution < 1.29 is 0 Å². The van der Waals surface area contributed by atoms with Gasteiger partial charge >= 0.3 is 0 Å². The second kappa shape index (κ2) is 3.58. The number of halogens is 1. The van der Waals surface area contributed by atoms with Crippen molar-refractivity contribution in [3.63, 3.8) is 0 Å². The van der Waals surface area contributed by atoms with Gasteiger partial charge in [0.05, 0.1) is 10.7 Å². The third-order valence-corrected chi connectivity index (χ3v) is 3.00. The topological polar surface area (TPSA) is 40.7 Å². The zero-order chi connectivity index (χ0) is 8.39. The Hall–Kier alpha value is -0.350. The number of hydrogen-bond acceptors (Lipinski definition) is 2. The van der Waals surface area contributed by atoms with Gasteiger partial charge in [-0.15, -0.1) is 0 Å². The van der Waals surface area contributed by atoms with Crippen molar-refractivity contribution in [2.75, 3.05) is 13.1 Å². The monoisotopic (exact) mass is 229 g/mol. The molecule has 1 aliphatic heterocycles. The molecule has 0 radical (unpaired) electrons. The summed E-state index contributed by atoms with van der Waals surface area (Å²) in [6, 6.07) is 0. The van der Waals surface area contributed by atoms with E-state index >= 15 is 0 Å². The minimum atomic E-state index is 0.779. The molecule has 0 spiro atoms. The van der Waals surface area contributed by atoms with E-state index in [4.69, 9.17) is 0 Å². The molecule has 0 saturated carbocycles. The molecule has 0 amide bonds. The molecule has 2 N–H and O–H groups in total. The fraction of sp³-hybridized carbons (Fsp3) is 0.625. The van der Waals surface area contributed by atoms with E-state index < -0.39 is 0 Å². The minimum absolute atomic E-state index is 0.779. The van der Waals surface area contributed by atoms with Crippen molar-refractivity contribution in [2.24, 2.45) is 5.92 Å². The second-order valence-electron chi connectivity index (χ2n) is 3.26. The van der Waals surface area contributed by atoms with Crippen LogP contribution in [0.15, 0.2) is 10.7 Å².